The third kappa shape index (κ3) is 3.71. The van der Waals surface area contributed by atoms with Crippen LogP contribution in [0.3, 0.4) is 0 Å². The minimum Gasteiger partial charge on any atom is -0.369 e. The highest BCUT2D eigenvalue weighted by Crippen LogP contribution is 2.20. The molecule has 1 aliphatic rings. The monoisotopic (exact) mass is 331 g/mol. The van der Waals surface area contributed by atoms with Crippen molar-refractivity contribution < 1.29 is 13.6 Å². The van der Waals surface area contributed by atoms with Gasteiger partial charge in [-0.05, 0) is 49.5 Å². The Morgan fingerprint density at radius 2 is 1.62 bits per heavy atom. The van der Waals surface area contributed by atoms with E-state index in [9.17, 15) is 13.6 Å². The molecule has 0 unspecified atom stereocenters. The molecule has 0 bridgehead atoms. The zero-order chi connectivity index (χ0) is 17.1. The maximum atomic E-state index is 13.2. The van der Waals surface area contributed by atoms with E-state index in [-0.39, 0.29) is 5.56 Å². The Morgan fingerprint density at radius 3 is 2.25 bits per heavy atom. The van der Waals surface area contributed by atoms with Gasteiger partial charge in [0.1, 0.15) is 0 Å². The number of carbonyl (C=O) groups excluding carboxylic acids is 1. The lowest BCUT2D eigenvalue weighted by Crippen LogP contribution is -2.44. The highest BCUT2D eigenvalue weighted by molar-refractivity contribution is 6.04. The molecule has 0 spiro atoms. The van der Waals surface area contributed by atoms with Crippen LogP contribution in [0.15, 0.2) is 42.5 Å². The van der Waals surface area contributed by atoms with E-state index in [1.54, 1.807) is 0 Å². The Morgan fingerprint density at radius 1 is 0.958 bits per heavy atom. The Hall–Kier alpha value is -2.47. The van der Waals surface area contributed by atoms with Gasteiger partial charge in [0.2, 0.25) is 0 Å². The van der Waals surface area contributed by atoms with Crippen LogP contribution in [0.4, 0.5) is 20.2 Å². The molecule has 2 aromatic carbocycles. The van der Waals surface area contributed by atoms with Gasteiger partial charge in [-0.1, -0.05) is 0 Å². The minimum absolute atomic E-state index is 0.0806. The van der Waals surface area contributed by atoms with E-state index in [0.717, 1.165) is 44.0 Å². The highest BCUT2D eigenvalue weighted by Gasteiger charge is 2.14. The summed E-state index contributed by atoms with van der Waals surface area (Å²) in [7, 11) is 2.11. The van der Waals surface area contributed by atoms with Crippen molar-refractivity contribution in [2.75, 3.05) is 43.4 Å². The summed E-state index contributed by atoms with van der Waals surface area (Å²) >= 11 is 0. The molecule has 0 saturated carbocycles. The largest absolute Gasteiger partial charge is 0.369 e. The van der Waals surface area contributed by atoms with Gasteiger partial charge in [0, 0.05) is 43.1 Å². The maximum Gasteiger partial charge on any atom is 0.255 e. The number of hydrogen-bond donors (Lipinski definition) is 1. The molecule has 1 N–H and O–H groups in total. The first-order chi connectivity index (χ1) is 11.5. The quantitative estimate of drug-likeness (QED) is 0.939. The molecule has 6 heteroatoms. The van der Waals surface area contributed by atoms with Crippen molar-refractivity contribution in [2.24, 2.45) is 0 Å². The predicted octanol–water partition coefficient (Wildman–Crippen LogP) is 2.97. The van der Waals surface area contributed by atoms with Crippen molar-refractivity contribution in [1.29, 1.82) is 0 Å². The van der Waals surface area contributed by atoms with Crippen LogP contribution in [0.2, 0.25) is 0 Å². The number of hydrogen-bond acceptors (Lipinski definition) is 3. The lowest BCUT2D eigenvalue weighted by Gasteiger charge is -2.34. The lowest BCUT2D eigenvalue weighted by molar-refractivity contribution is 0.102. The fourth-order valence-electron chi connectivity index (χ4n) is 2.66. The number of rotatable bonds is 3. The summed E-state index contributed by atoms with van der Waals surface area (Å²) in [6.45, 7) is 3.98. The minimum atomic E-state index is -1.03. The number of anilines is 2. The Balaban J connectivity index is 1.65. The third-order valence-electron chi connectivity index (χ3n) is 4.18. The van der Waals surface area contributed by atoms with Crippen molar-refractivity contribution in [1.82, 2.24) is 4.90 Å². The molecule has 24 heavy (non-hydrogen) atoms. The van der Waals surface area contributed by atoms with Gasteiger partial charge >= 0.3 is 0 Å². The van der Waals surface area contributed by atoms with Gasteiger partial charge in [-0.3, -0.25) is 4.79 Å². The van der Waals surface area contributed by atoms with Crippen LogP contribution in [0.1, 0.15) is 10.4 Å². The van der Waals surface area contributed by atoms with E-state index < -0.39 is 17.5 Å². The summed E-state index contributed by atoms with van der Waals surface area (Å²) in [5.41, 5.74) is 1.80. The van der Waals surface area contributed by atoms with Crippen LogP contribution in [0.5, 0.6) is 0 Å². The molecule has 1 heterocycles. The van der Waals surface area contributed by atoms with Crippen LogP contribution in [0.25, 0.3) is 0 Å². The average Bonchev–Trinajstić information content (AvgIpc) is 2.59. The van der Waals surface area contributed by atoms with E-state index >= 15 is 0 Å². The van der Waals surface area contributed by atoms with Crippen molar-refractivity contribution in [3.63, 3.8) is 0 Å². The first-order valence-electron chi connectivity index (χ1n) is 7.83. The summed E-state index contributed by atoms with van der Waals surface area (Å²) in [5.74, 6) is -2.47. The molecule has 3 rings (SSSR count). The van der Waals surface area contributed by atoms with Gasteiger partial charge in [0.15, 0.2) is 11.6 Å². The molecule has 2 aromatic rings. The van der Waals surface area contributed by atoms with Crippen molar-refractivity contribution in [3.05, 3.63) is 59.7 Å². The molecular formula is C18H19F2N3O. The number of carbonyl (C=O) groups is 1. The van der Waals surface area contributed by atoms with E-state index in [1.165, 1.54) is 6.07 Å². The second-order valence-electron chi connectivity index (χ2n) is 5.92. The summed E-state index contributed by atoms with van der Waals surface area (Å²) in [5, 5.41) is 2.69. The van der Waals surface area contributed by atoms with Crippen molar-refractivity contribution in [3.8, 4) is 0 Å². The molecule has 0 aromatic heterocycles. The molecular weight excluding hydrogens is 312 g/mol. The molecule has 126 valence electrons. The predicted molar refractivity (Wildman–Crippen MR) is 90.5 cm³/mol. The Labute approximate surface area is 139 Å². The van der Waals surface area contributed by atoms with Gasteiger partial charge in [0.25, 0.3) is 5.91 Å². The smallest absolute Gasteiger partial charge is 0.255 e. The molecule has 0 radical (unpaired) electrons. The number of benzene rings is 2. The topological polar surface area (TPSA) is 35.6 Å². The number of likely N-dealkylation sites (N-methyl/N-ethyl adjacent to an activating group) is 1. The van der Waals surface area contributed by atoms with E-state index in [0.29, 0.717) is 5.69 Å². The SMILES string of the molecule is CN1CCN(c2ccc(NC(=O)c3ccc(F)c(F)c3)cc2)CC1. The summed E-state index contributed by atoms with van der Waals surface area (Å²) < 4.78 is 26.1. The van der Waals surface area contributed by atoms with Gasteiger partial charge in [-0.2, -0.15) is 0 Å². The summed E-state index contributed by atoms with van der Waals surface area (Å²) in [6, 6.07) is 10.6. The van der Waals surface area contributed by atoms with Crippen LogP contribution < -0.4 is 10.2 Å². The normalized spacial score (nSPS) is 15.4. The van der Waals surface area contributed by atoms with Gasteiger partial charge in [0.05, 0.1) is 0 Å². The van der Waals surface area contributed by atoms with E-state index in [4.69, 9.17) is 0 Å². The molecule has 0 atom stereocenters. The Bertz CT molecular complexity index is 726. The molecule has 4 nitrogen and oxygen atoms in total. The van der Waals surface area contributed by atoms with Crippen LogP contribution >= 0.6 is 0 Å². The second kappa shape index (κ2) is 6.97. The van der Waals surface area contributed by atoms with Crippen LogP contribution in [-0.4, -0.2) is 44.0 Å². The number of nitrogens with one attached hydrogen (secondary N) is 1. The summed E-state index contributed by atoms with van der Waals surface area (Å²) in [4.78, 5) is 16.7. The van der Waals surface area contributed by atoms with Crippen LogP contribution in [0, 0.1) is 11.6 Å². The zero-order valence-corrected chi connectivity index (χ0v) is 13.4. The van der Waals surface area contributed by atoms with Crippen LogP contribution in [-0.2, 0) is 0 Å². The van der Waals surface area contributed by atoms with E-state index in [2.05, 4.69) is 22.2 Å². The van der Waals surface area contributed by atoms with Gasteiger partial charge in [-0.25, -0.2) is 8.78 Å². The van der Waals surface area contributed by atoms with Gasteiger partial charge < -0.3 is 15.1 Å². The average molecular weight is 331 g/mol. The molecule has 1 fully saturated rings. The number of nitrogens with zero attached hydrogens (tertiary/aromatic N) is 2. The third-order valence-corrected chi connectivity index (χ3v) is 4.18. The fraction of sp³-hybridized carbons (Fsp3) is 0.278. The summed E-state index contributed by atoms with van der Waals surface area (Å²) in [6.07, 6.45) is 0. The molecule has 1 aliphatic heterocycles. The molecule has 1 amide bonds. The Kier molecular flexibility index (Phi) is 4.76. The maximum absolute atomic E-state index is 13.2. The number of piperazine rings is 1. The van der Waals surface area contributed by atoms with Crippen molar-refractivity contribution in [2.45, 2.75) is 0 Å². The second-order valence-corrected chi connectivity index (χ2v) is 5.92. The molecule has 1 saturated heterocycles. The van der Waals surface area contributed by atoms with Crippen molar-refractivity contribution >= 4 is 17.3 Å². The first-order valence-corrected chi connectivity index (χ1v) is 7.83. The highest BCUT2D eigenvalue weighted by atomic mass is 19.2. The van der Waals surface area contributed by atoms with Gasteiger partial charge in [-0.15, -0.1) is 0 Å². The molecule has 0 aliphatic carbocycles. The fourth-order valence-corrected chi connectivity index (χ4v) is 2.66. The number of halogens is 2. The lowest BCUT2D eigenvalue weighted by atomic mass is 10.2. The first kappa shape index (κ1) is 16.4. The standard InChI is InChI=1S/C18H19F2N3O/c1-22-8-10-23(11-9-22)15-5-3-14(4-6-15)21-18(24)13-2-7-16(19)17(20)12-13/h2-7,12H,8-11H2,1H3,(H,21,24). The van der Waals surface area contributed by atoms with E-state index in [1.807, 2.05) is 24.3 Å². The number of amides is 1. The zero-order valence-electron chi connectivity index (χ0n) is 13.4.